The number of phenols is 1. The van der Waals surface area contributed by atoms with Gasteiger partial charge in [-0.25, -0.2) is 4.98 Å². The molecule has 1 fully saturated rings. The summed E-state index contributed by atoms with van der Waals surface area (Å²) < 4.78 is 5.60. The number of aromatic hydroxyl groups is 2. The zero-order chi connectivity index (χ0) is 38.2. The fourth-order valence-electron chi connectivity index (χ4n) is 6.04. The summed E-state index contributed by atoms with van der Waals surface area (Å²) in [6.07, 6.45) is 4.10. The number of amides is 4. The molecular weight excluding hydrogens is 670 g/mol. The van der Waals surface area contributed by atoms with E-state index in [0.717, 1.165) is 0 Å². The summed E-state index contributed by atoms with van der Waals surface area (Å²) in [5.41, 5.74) is 0.0406. The number of benzene rings is 1. The van der Waals surface area contributed by atoms with Gasteiger partial charge in [0.2, 0.25) is 29.4 Å². The van der Waals surface area contributed by atoms with Crippen LogP contribution in [0.3, 0.4) is 0 Å². The van der Waals surface area contributed by atoms with Crippen molar-refractivity contribution in [3.63, 3.8) is 0 Å². The number of Topliss-reactive ketones (excluding diaryl/α,β-unsaturated/α-hetero) is 1. The Morgan fingerprint density at radius 3 is 2.33 bits per heavy atom. The number of nitrogens with zero attached hydrogens (tertiary/aromatic N) is 4. The Hall–Kier alpha value is -5.34. The second-order valence-corrected chi connectivity index (χ2v) is 14.5. The number of aromatic nitrogens is 3. The molecule has 3 aromatic rings. The van der Waals surface area contributed by atoms with Crippen LogP contribution < -0.4 is 16.0 Å². The number of likely N-dealkylation sites (tertiary alicyclic amines) is 1. The van der Waals surface area contributed by atoms with Gasteiger partial charge in [-0.2, -0.15) is 0 Å². The highest BCUT2D eigenvalue weighted by Gasteiger charge is 2.40. The molecule has 3 atom stereocenters. The van der Waals surface area contributed by atoms with Gasteiger partial charge < -0.3 is 35.5 Å². The quantitative estimate of drug-likeness (QED) is 0.106. The van der Waals surface area contributed by atoms with Crippen molar-refractivity contribution in [2.75, 3.05) is 6.54 Å². The average molecular weight is 720 g/mol. The summed E-state index contributed by atoms with van der Waals surface area (Å²) in [4.78, 5) is 71.9. The first-order valence-corrected chi connectivity index (χ1v) is 17.6. The van der Waals surface area contributed by atoms with Crippen molar-refractivity contribution in [2.45, 2.75) is 104 Å². The number of pyridine rings is 1. The lowest BCUT2D eigenvalue weighted by atomic mass is 9.96. The van der Waals surface area contributed by atoms with Gasteiger partial charge in [-0.05, 0) is 81.7 Å². The van der Waals surface area contributed by atoms with Crippen LogP contribution in [0.25, 0.3) is 11.5 Å². The summed E-state index contributed by atoms with van der Waals surface area (Å²) in [5.74, 6) is -2.99. The molecule has 280 valence electrons. The molecule has 52 heavy (non-hydrogen) atoms. The van der Waals surface area contributed by atoms with Gasteiger partial charge in [-0.1, -0.05) is 40.2 Å². The molecule has 0 aliphatic carbocycles. The van der Waals surface area contributed by atoms with Crippen LogP contribution in [0, 0.1) is 11.8 Å². The molecule has 1 saturated heterocycles. The highest BCUT2D eigenvalue weighted by Crippen LogP contribution is 2.25. The molecule has 0 radical (unpaired) electrons. The van der Waals surface area contributed by atoms with Crippen molar-refractivity contribution in [3.05, 3.63) is 54.2 Å². The first kappa shape index (κ1) is 39.4. The third-order valence-electron chi connectivity index (χ3n) is 8.95. The van der Waals surface area contributed by atoms with Crippen LogP contribution in [0.5, 0.6) is 11.5 Å². The Balaban J connectivity index is 1.31. The molecule has 3 heterocycles. The van der Waals surface area contributed by atoms with Crippen LogP contribution in [0.4, 0.5) is 0 Å². The normalized spacial score (nSPS) is 15.7. The largest absolute Gasteiger partial charge is 0.508 e. The lowest BCUT2D eigenvalue weighted by Crippen LogP contribution is -2.57. The van der Waals surface area contributed by atoms with Crippen molar-refractivity contribution >= 4 is 29.4 Å². The number of carbonyl (C=O) groups is 5. The van der Waals surface area contributed by atoms with Gasteiger partial charge in [-0.15, -0.1) is 10.2 Å². The molecular formula is C37H49N7O8. The summed E-state index contributed by atoms with van der Waals surface area (Å²) in [7, 11) is 0. The zero-order valence-corrected chi connectivity index (χ0v) is 30.5. The second-order valence-electron chi connectivity index (χ2n) is 14.5. The number of unbranched alkanes of at least 4 members (excludes halogenated alkanes) is 1. The van der Waals surface area contributed by atoms with Crippen molar-refractivity contribution in [2.24, 2.45) is 11.8 Å². The number of hydrogen-bond acceptors (Lipinski definition) is 11. The monoisotopic (exact) mass is 719 g/mol. The maximum Gasteiger partial charge on any atom is 0.286 e. The number of phenolic OH excluding ortho intramolecular Hbond substituents is 1. The average Bonchev–Trinajstić information content (AvgIpc) is 3.78. The fourth-order valence-corrected chi connectivity index (χ4v) is 6.04. The Kier molecular flexibility index (Phi) is 13.1. The number of carbonyl (C=O) groups excluding carboxylic acids is 5. The molecule has 4 amide bonds. The van der Waals surface area contributed by atoms with E-state index in [1.807, 2.05) is 27.7 Å². The molecule has 2 aromatic heterocycles. The fraction of sp³-hybridized carbons (Fsp3) is 0.514. The van der Waals surface area contributed by atoms with Gasteiger partial charge in [0.1, 0.15) is 29.3 Å². The predicted octanol–water partition coefficient (Wildman–Crippen LogP) is 3.77. The molecule has 0 spiro atoms. The summed E-state index contributed by atoms with van der Waals surface area (Å²) in [5, 5.41) is 35.6. The van der Waals surface area contributed by atoms with Crippen LogP contribution in [-0.2, 0) is 14.4 Å². The number of nitrogens with one attached hydrogen (secondary N) is 3. The minimum atomic E-state index is -1.01. The highest BCUT2D eigenvalue weighted by atomic mass is 16.4. The third-order valence-corrected chi connectivity index (χ3v) is 8.95. The Morgan fingerprint density at radius 1 is 0.942 bits per heavy atom. The van der Waals surface area contributed by atoms with Gasteiger partial charge in [0.05, 0.1) is 12.2 Å². The van der Waals surface area contributed by atoms with Gasteiger partial charge >= 0.3 is 0 Å². The maximum atomic E-state index is 13.8. The van der Waals surface area contributed by atoms with E-state index < -0.39 is 35.4 Å². The maximum absolute atomic E-state index is 13.8. The molecule has 0 bridgehead atoms. The summed E-state index contributed by atoms with van der Waals surface area (Å²) in [6, 6.07) is 6.29. The Bertz CT molecular complexity index is 1740. The minimum Gasteiger partial charge on any atom is -0.508 e. The summed E-state index contributed by atoms with van der Waals surface area (Å²) in [6.45, 7) is 11.3. The Labute approximate surface area is 303 Å². The molecule has 0 unspecified atom stereocenters. The number of rotatable bonds is 16. The number of hydrogen-bond donors (Lipinski definition) is 5. The van der Waals surface area contributed by atoms with Crippen molar-refractivity contribution in [1.82, 2.24) is 36.0 Å². The molecule has 4 rings (SSSR count). The molecule has 0 saturated carbocycles. The van der Waals surface area contributed by atoms with E-state index in [0.29, 0.717) is 44.2 Å². The van der Waals surface area contributed by atoms with Crippen molar-refractivity contribution in [3.8, 4) is 23.0 Å². The van der Waals surface area contributed by atoms with Crippen LogP contribution in [-0.4, -0.2) is 89.9 Å². The van der Waals surface area contributed by atoms with Crippen molar-refractivity contribution < 1.29 is 38.6 Å². The van der Waals surface area contributed by atoms with E-state index in [4.69, 9.17) is 4.42 Å². The van der Waals surface area contributed by atoms with Crippen LogP contribution in [0.2, 0.25) is 0 Å². The lowest BCUT2D eigenvalue weighted by molar-refractivity contribution is -0.142. The topological polar surface area (TPSA) is 217 Å². The lowest BCUT2D eigenvalue weighted by Gasteiger charge is -2.31. The molecule has 15 nitrogen and oxygen atoms in total. The second kappa shape index (κ2) is 17.2. The first-order chi connectivity index (χ1) is 24.6. The van der Waals surface area contributed by atoms with E-state index in [2.05, 4.69) is 31.1 Å². The van der Waals surface area contributed by atoms with Gasteiger partial charge in [0, 0.05) is 24.1 Å². The van der Waals surface area contributed by atoms with E-state index in [9.17, 15) is 34.2 Å². The van der Waals surface area contributed by atoms with E-state index >= 15 is 0 Å². The smallest absolute Gasteiger partial charge is 0.286 e. The standard InChI is InChI=1S/C37H49N7O8/c1-21(2)29(31(48)35-43-42-34(52-35)23-11-9-12-24(45)19-23)40-33(50)27-13-10-18-44(27)36(51)30(22(3)4)39-28(47)14-7-8-17-37(5,6)41-32(49)26-16-15-25(46)20-38-26/h9,11-12,15-16,19-22,27,29-30,45-46H,7-8,10,13-14,17-18H2,1-6H3,(H,39,47)(H,40,50)(H,41,49)/t27-,29+,30+/m1/s1. The predicted molar refractivity (Wildman–Crippen MR) is 190 cm³/mol. The third kappa shape index (κ3) is 10.4. The summed E-state index contributed by atoms with van der Waals surface area (Å²) >= 11 is 0. The van der Waals surface area contributed by atoms with Crippen molar-refractivity contribution in [1.29, 1.82) is 0 Å². The van der Waals surface area contributed by atoms with E-state index in [1.54, 1.807) is 26.0 Å². The SMILES string of the molecule is CC(C)[C@H](NC(=O)[C@H]1CCCN1C(=O)[C@@H](NC(=O)CCCCC(C)(C)NC(=O)c1ccc(O)cn1)C(C)C)C(=O)c1nnc(-c2cccc(O)c2)o1. The highest BCUT2D eigenvalue weighted by molar-refractivity contribution is 6.00. The van der Waals surface area contributed by atoms with Gasteiger partial charge in [-0.3, -0.25) is 24.0 Å². The molecule has 5 N–H and O–H groups in total. The number of ketones is 1. The van der Waals surface area contributed by atoms with E-state index in [-0.39, 0.29) is 65.0 Å². The van der Waals surface area contributed by atoms with Crippen LogP contribution >= 0.6 is 0 Å². The van der Waals surface area contributed by atoms with Crippen LogP contribution in [0.15, 0.2) is 47.0 Å². The zero-order valence-electron chi connectivity index (χ0n) is 30.5. The first-order valence-electron chi connectivity index (χ1n) is 17.6. The van der Waals surface area contributed by atoms with Gasteiger partial charge in [0.25, 0.3) is 11.8 Å². The molecule has 1 aliphatic rings. The minimum absolute atomic E-state index is 0.00379. The van der Waals surface area contributed by atoms with E-state index in [1.165, 1.54) is 35.4 Å². The molecule has 15 heteroatoms. The molecule has 1 aromatic carbocycles. The molecule has 1 aliphatic heterocycles. The van der Waals surface area contributed by atoms with Gasteiger partial charge in [0.15, 0.2) is 0 Å². The van der Waals surface area contributed by atoms with Crippen LogP contribution in [0.1, 0.15) is 101 Å². The Morgan fingerprint density at radius 2 is 1.67 bits per heavy atom.